The quantitative estimate of drug-likeness (QED) is 0.827. The number of rotatable bonds is 3. The largest absolute Gasteiger partial charge is 0.349 e. The van der Waals surface area contributed by atoms with E-state index in [1.165, 1.54) is 0 Å². The van der Waals surface area contributed by atoms with Gasteiger partial charge in [0.25, 0.3) is 5.91 Å². The summed E-state index contributed by atoms with van der Waals surface area (Å²) in [5.41, 5.74) is 0.595. The molecular weight excluding hydrogens is 209 g/mol. The molecule has 1 aromatic rings. The van der Waals surface area contributed by atoms with Crippen LogP contribution >= 0.6 is 23.2 Å². The number of carbonyl (C=O) groups excluding carboxylic acids is 1. The summed E-state index contributed by atoms with van der Waals surface area (Å²) in [6.45, 7) is 0.177. The fourth-order valence-corrected chi connectivity index (χ4v) is 0.972. The van der Waals surface area contributed by atoms with Crippen molar-refractivity contribution in [3.8, 4) is 0 Å². The zero-order valence-electron chi connectivity index (χ0n) is 6.76. The van der Waals surface area contributed by atoms with E-state index >= 15 is 0 Å². The van der Waals surface area contributed by atoms with Gasteiger partial charge in [0.05, 0.1) is 6.54 Å². The van der Waals surface area contributed by atoms with Crippen LogP contribution in [0, 0.1) is 4.84 Å². The molecule has 1 radical (unpaired) electrons. The molecule has 0 bridgehead atoms. The molecule has 0 fully saturated rings. The minimum Gasteiger partial charge on any atom is -0.349 e. The average molecular weight is 217 g/mol. The van der Waals surface area contributed by atoms with Gasteiger partial charge in [0, 0.05) is 5.56 Å². The number of amides is 1. The van der Waals surface area contributed by atoms with Crippen molar-refractivity contribution >= 4 is 29.1 Å². The molecule has 0 unspecified atom stereocenters. The van der Waals surface area contributed by atoms with Gasteiger partial charge in [-0.15, -0.1) is 0 Å². The van der Waals surface area contributed by atoms with Gasteiger partial charge >= 0.3 is 0 Å². The number of carbonyl (C=O) groups is 1. The van der Waals surface area contributed by atoms with Crippen LogP contribution in [0.25, 0.3) is 0 Å². The molecule has 0 heterocycles. The van der Waals surface area contributed by atoms with Crippen LogP contribution in [-0.2, 0) is 0 Å². The first kappa shape index (κ1) is 10.4. The van der Waals surface area contributed by atoms with E-state index in [1.54, 1.807) is 24.3 Å². The van der Waals surface area contributed by atoms with Crippen LogP contribution in [0.15, 0.2) is 30.3 Å². The van der Waals surface area contributed by atoms with Crippen molar-refractivity contribution in [3.05, 3.63) is 40.7 Å². The van der Waals surface area contributed by atoms with Crippen LogP contribution in [-0.4, -0.2) is 12.5 Å². The summed E-state index contributed by atoms with van der Waals surface area (Å²) >= 11 is 10.8. The summed E-state index contributed by atoms with van der Waals surface area (Å²) in [5.74, 6) is -0.181. The lowest BCUT2D eigenvalue weighted by molar-refractivity contribution is 0.0957. The first-order chi connectivity index (χ1) is 6.20. The summed E-state index contributed by atoms with van der Waals surface area (Å²) in [6.07, 6.45) is 0. The molecule has 0 aliphatic heterocycles. The average Bonchev–Trinajstić information content (AvgIpc) is 2.15. The highest BCUT2D eigenvalue weighted by atomic mass is 35.5. The van der Waals surface area contributed by atoms with Crippen molar-refractivity contribution in [2.75, 3.05) is 6.54 Å². The fraction of sp³-hybridized carbons (Fsp3) is 0.111. The molecule has 13 heavy (non-hydrogen) atoms. The highest BCUT2D eigenvalue weighted by Gasteiger charge is 2.06. The second kappa shape index (κ2) is 5.10. The molecule has 2 nitrogen and oxygen atoms in total. The van der Waals surface area contributed by atoms with E-state index in [1.807, 2.05) is 6.07 Å². The molecule has 1 N–H and O–H groups in total. The van der Waals surface area contributed by atoms with Gasteiger partial charge in [-0.3, -0.25) is 4.79 Å². The first-order valence-electron chi connectivity index (χ1n) is 3.70. The molecule has 0 aromatic heterocycles. The van der Waals surface area contributed by atoms with Gasteiger partial charge in [-0.2, -0.15) is 0 Å². The van der Waals surface area contributed by atoms with Gasteiger partial charge in [0.15, 0.2) is 4.84 Å². The van der Waals surface area contributed by atoms with Gasteiger partial charge in [-0.25, -0.2) is 0 Å². The van der Waals surface area contributed by atoms with Crippen molar-refractivity contribution in [3.63, 3.8) is 0 Å². The smallest absolute Gasteiger partial charge is 0.251 e. The van der Waals surface area contributed by atoms with E-state index in [-0.39, 0.29) is 17.3 Å². The summed E-state index contributed by atoms with van der Waals surface area (Å²) in [5, 5.41) is 2.56. The maximum atomic E-state index is 11.3. The molecule has 0 saturated carbocycles. The Labute approximate surface area is 86.8 Å². The van der Waals surface area contributed by atoms with Gasteiger partial charge in [-0.05, 0) is 12.1 Å². The first-order valence-corrected chi connectivity index (χ1v) is 4.46. The summed E-state index contributed by atoms with van der Waals surface area (Å²) < 4.78 is 0. The maximum Gasteiger partial charge on any atom is 0.251 e. The second-order valence-electron chi connectivity index (χ2n) is 2.39. The minimum absolute atomic E-state index is 0.143. The van der Waals surface area contributed by atoms with Gasteiger partial charge in [0.2, 0.25) is 0 Å². The zero-order chi connectivity index (χ0) is 9.68. The van der Waals surface area contributed by atoms with E-state index in [4.69, 9.17) is 23.2 Å². The number of hydrogen-bond acceptors (Lipinski definition) is 1. The standard InChI is InChI=1S/C9H8Cl2NO/c10-8(11)6-12-9(13)7-4-2-1-3-5-7/h1-5H,6H2,(H,12,13). The SMILES string of the molecule is O=C(NC[C](Cl)Cl)c1ccccc1. The van der Waals surface area contributed by atoms with Crippen LogP contribution in [0.1, 0.15) is 10.4 Å². The molecule has 69 valence electrons. The lowest BCUT2D eigenvalue weighted by Gasteiger charge is -2.03. The van der Waals surface area contributed by atoms with Crippen molar-refractivity contribution in [2.45, 2.75) is 0 Å². The molecule has 0 saturated heterocycles. The molecule has 1 aromatic carbocycles. The van der Waals surface area contributed by atoms with E-state index in [0.29, 0.717) is 5.56 Å². The molecule has 0 spiro atoms. The number of nitrogens with one attached hydrogen (secondary N) is 1. The Morgan fingerprint density at radius 3 is 2.38 bits per heavy atom. The summed E-state index contributed by atoms with van der Waals surface area (Å²) in [4.78, 5) is 11.5. The number of hydrogen-bond donors (Lipinski definition) is 1. The lowest BCUT2D eigenvalue weighted by atomic mass is 10.2. The third kappa shape index (κ3) is 3.66. The van der Waals surface area contributed by atoms with Crippen LogP contribution in [0.4, 0.5) is 0 Å². The van der Waals surface area contributed by atoms with Crippen LogP contribution in [0.2, 0.25) is 0 Å². The van der Waals surface area contributed by atoms with Crippen LogP contribution in [0.3, 0.4) is 0 Å². The van der Waals surface area contributed by atoms with Crippen LogP contribution < -0.4 is 5.32 Å². The van der Waals surface area contributed by atoms with Crippen molar-refractivity contribution in [2.24, 2.45) is 0 Å². The summed E-state index contributed by atoms with van der Waals surface area (Å²) in [7, 11) is 0. The van der Waals surface area contributed by atoms with E-state index in [0.717, 1.165) is 0 Å². The van der Waals surface area contributed by atoms with E-state index < -0.39 is 0 Å². The highest BCUT2D eigenvalue weighted by molar-refractivity contribution is 6.52. The predicted molar refractivity (Wildman–Crippen MR) is 53.7 cm³/mol. The molecule has 4 heteroatoms. The molecule has 1 rings (SSSR count). The lowest BCUT2D eigenvalue weighted by Crippen LogP contribution is -2.25. The van der Waals surface area contributed by atoms with Crippen molar-refractivity contribution in [1.82, 2.24) is 5.32 Å². The molecule has 0 atom stereocenters. The molecule has 0 aliphatic carbocycles. The third-order valence-electron chi connectivity index (χ3n) is 1.42. The van der Waals surface area contributed by atoms with Crippen LogP contribution in [0.5, 0.6) is 0 Å². The number of benzene rings is 1. The normalized spacial score (nSPS) is 10.1. The Hall–Kier alpha value is -0.730. The van der Waals surface area contributed by atoms with Gasteiger partial charge in [-0.1, -0.05) is 41.4 Å². The second-order valence-corrected chi connectivity index (χ2v) is 3.49. The van der Waals surface area contributed by atoms with Crippen molar-refractivity contribution in [1.29, 1.82) is 0 Å². The minimum atomic E-state index is -0.181. The third-order valence-corrected chi connectivity index (χ3v) is 1.69. The molecule has 1 amide bonds. The summed E-state index contributed by atoms with van der Waals surface area (Å²) in [6, 6.07) is 8.87. The number of halogens is 2. The van der Waals surface area contributed by atoms with Crippen molar-refractivity contribution < 1.29 is 4.79 Å². The Bertz CT molecular complexity index is 274. The van der Waals surface area contributed by atoms with E-state index in [9.17, 15) is 4.79 Å². The topological polar surface area (TPSA) is 29.1 Å². The Balaban J connectivity index is 2.50. The van der Waals surface area contributed by atoms with Gasteiger partial charge < -0.3 is 5.32 Å². The van der Waals surface area contributed by atoms with E-state index in [2.05, 4.69) is 5.32 Å². The maximum absolute atomic E-state index is 11.3. The predicted octanol–water partition coefficient (Wildman–Crippen LogP) is 2.38. The molecular formula is C9H8Cl2NO. The Morgan fingerprint density at radius 2 is 1.85 bits per heavy atom. The highest BCUT2D eigenvalue weighted by Crippen LogP contribution is 2.09. The Morgan fingerprint density at radius 1 is 1.23 bits per heavy atom. The zero-order valence-corrected chi connectivity index (χ0v) is 8.27. The molecule has 0 aliphatic rings. The Kier molecular flexibility index (Phi) is 4.06. The monoisotopic (exact) mass is 216 g/mol. The van der Waals surface area contributed by atoms with Gasteiger partial charge in [0.1, 0.15) is 0 Å². The fourth-order valence-electron chi connectivity index (χ4n) is 0.839.